The summed E-state index contributed by atoms with van der Waals surface area (Å²) in [6.45, 7) is 4.76. The Labute approximate surface area is 188 Å². The number of aromatic nitrogens is 2. The SMILES string of the molecule is COc1ccc2c(c1)nc(C1=C(O)CN(c3ccc(N4CCC(C)CC4)cc3)C1=N)n2C. The number of hydrogen-bond acceptors (Lipinski definition) is 5. The first-order valence-electron chi connectivity index (χ1n) is 11.1. The number of fused-ring (bicyclic) bond motifs is 1. The Hall–Kier alpha value is -3.48. The lowest BCUT2D eigenvalue weighted by atomic mass is 9.99. The van der Waals surface area contributed by atoms with Crippen LogP contribution < -0.4 is 14.5 Å². The van der Waals surface area contributed by atoms with E-state index in [1.165, 1.54) is 18.5 Å². The number of nitrogens with zero attached hydrogens (tertiary/aromatic N) is 4. The van der Waals surface area contributed by atoms with Gasteiger partial charge in [0.15, 0.2) is 0 Å². The van der Waals surface area contributed by atoms with Crippen LogP contribution in [0, 0.1) is 11.3 Å². The van der Waals surface area contributed by atoms with Crippen LogP contribution in [-0.4, -0.2) is 47.2 Å². The largest absolute Gasteiger partial charge is 0.509 e. The van der Waals surface area contributed by atoms with E-state index in [9.17, 15) is 5.11 Å². The van der Waals surface area contributed by atoms with Gasteiger partial charge in [-0.15, -0.1) is 0 Å². The first-order chi connectivity index (χ1) is 15.5. The second kappa shape index (κ2) is 7.89. The lowest BCUT2D eigenvalue weighted by Crippen LogP contribution is -2.32. The summed E-state index contributed by atoms with van der Waals surface area (Å²) < 4.78 is 7.22. The van der Waals surface area contributed by atoms with Crippen molar-refractivity contribution in [1.29, 1.82) is 5.41 Å². The van der Waals surface area contributed by atoms with Gasteiger partial charge in [-0.1, -0.05) is 6.92 Å². The fraction of sp³-hybridized carbons (Fsp3) is 0.360. The van der Waals surface area contributed by atoms with E-state index in [2.05, 4.69) is 24.0 Å². The molecule has 1 fully saturated rings. The minimum atomic E-state index is 0.162. The highest BCUT2D eigenvalue weighted by atomic mass is 16.5. The molecule has 2 aliphatic heterocycles. The molecule has 2 N–H and O–H groups in total. The first kappa shape index (κ1) is 20.4. The summed E-state index contributed by atoms with van der Waals surface area (Å²) in [7, 11) is 3.53. The highest BCUT2D eigenvalue weighted by Crippen LogP contribution is 2.34. The third kappa shape index (κ3) is 3.38. The number of piperidine rings is 1. The predicted molar refractivity (Wildman–Crippen MR) is 129 cm³/mol. The van der Waals surface area contributed by atoms with Gasteiger partial charge in [0.25, 0.3) is 0 Å². The second-order valence-electron chi connectivity index (χ2n) is 8.79. The van der Waals surface area contributed by atoms with Crippen LogP contribution in [0.4, 0.5) is 11.4 Å². The lowest BCUT2D eigenvalue weighted by Gasteiger charge is -2.32. The van der Waals surface area contributed by atoms with Gasteiger partial charge in [-0.2, -0.15) is 0 Å². The molecule has 0 amide bonds. The number of methoxy groups -OCH3 is 1. The van der Waals surface area contributed by atoms with Crippen LogP contribution >= 0.6 is 0 Å². The molecule has 7 heteroatoms. The van der Waals surface area contributed by atoms with Crippen LogP contribution in [0.3, 0.4) is 0 Å². The molecule has 1 saturated heterocycles. The number of nitrogens with one attached hydrogen (secondary N) is 1. The fourth-order valence-electron chi connectivity index (χ4n) is 4.68. The quantitative estimate of drug-likeness (QED) is 0.632. The van der Waals surface area contributed by atoms with E-state index in [0.29, 0.717) is 11.4 Å². The second-order valence-corrected chi connectivity index (χ2v) is 8.79. The highest BCUT2D eigenvalue weighted by Gasteiger charge is 2.32. The van der Waals surface area contributed by atoms with Crippen molar-refractivity contribution in [2.75, 3.05) is 36.5 Å². The molecule has 32 heavy (non-hydrogen) atoms. The minimum absolute atomic E-state index is 0.162. The van der Waals surface area contributed by atoms with Gasteiger partial charge in [-0.05, 0) is 55.2 Å². The number of anilines is 2. The number of benzene rings is 2. The maximum Gasteiger partial charge on any atom is 0.148 e. The molecular weight excluding hydrogens is 402 g/mol. The van der Waals surface area contributed by atoms with Crippen LogP contribution in [0.5, 0.6) is 5.75 Å². The van der Waals surface area contributed by atoms with E-state index in [-0.39, 0.29) is 18.1 Å². The molecule has 5 rings (SSSR count). The Morgan fingerprint density at radius 1 is 1.06 bits per heavy atom. The predicted octanol–water partition coefficient (Wildman–Crippen LogP) is 4.58. The van der Waals surface area contributed by atoms with Crippen LogP contribution in [0.1, 0.15) is 25.6 Å². The molecule has 7 nitrogen and oxygen atoms in total. The van der Waals surface area contributed by atoms with Crippen molar-refractivity contribution in [2.24, 2.45) is 13.0 Å². The number of amidine groups is 1. The lowest BCUT2D eigenvalue weighted by molar-refractivity contribution is 0.411. The summed E-state index contributed by atoms with van der Waals surface area (Å²) >= 11 is 0. The van der Waals surface area contributed by atoms with Crippen molar-refractivity contribution < 1.29 is 9.84 Å². The summed E-state index contributed by atoms with van der Waals surface area (Å²) in [5.41, 5.74) is 4.28. The maximum atomic E-state index is 10.8. The molecule has 2 aromatic carbocycles. The van der Waals surface area contributed by atoms with Gasteiger partial charge in [0.1, 0.15) is 23.2 Å². The van der Waals surface area contributed by atoms with E-state index >= 15 is 0 Å². The van der Waals surface area contributed by atoms with Gasteiger partial charge in [0, 0.05) is 37.6 Å². The molecule has 3 aromatic rings. The number of rotatable bonds is 4. The molecule has 3 heterocycles. The van der Waals surface area contributed by atoms with E-state index in [4.69, 9.17) is 15.1 Å². The molecule has 0 radical (unpaired) electrons. The molecule has 0 saturated carbocycles. The van der Waals surface area contributed by atoms with Gasteiger partial charge in [-0.3, -0.25) is 5.41 Å². The van der Waals surface area contributed by atoms with Crippen LogP contribution in [-0.2, 0) is 7.05 Å². The van der Waals surface area contributed by atoms with Crippen molar-refractivity contribution >= 4 is 33.8 Å². The van der Waals surface area contributed by atoms with Crippen molar-refractivity contribution in [3.05, 3.63) is 54.0 Å². The number of ether oxygens (including phenoxy) is 1. The zero-order valence-corrected chi connectivity index (χ0v) is 18.8. The average Bonchev–Trinajstić information content (AvgIpc) is 3.29. The Morgan fingerprint density at radius 3 is 2.44 bits per heavy atom. The molecular formula is C25H29N5O2. The van der Waals surface area contributed by atoms with E-state index in [1.807, 2.05) is 46.8 Å². The molecule has 0 atom stereocenters. The summed E-state index contributed by atoms with van der Waals surface area (Å²) in [5, 5.41) is 19.6. The normalized spacial score (nSPS) is 17.7. The van der Waals surface area contributed by atoms with Crippen LogP contribution in [0.25, 0.3) is 16.6 Å². The fourth-order valence-corrected chi connectivity index (χ4v) is 4.68. The van der Waals surface area contributed by atoms with Crippen LogP contribution in [0.15, 0.2) is 48.2 Å². The molecule has 0 bridgehead atoms. The Bertz CT molecular complexity index is 1200. The molecule has 0 spiro atoms. The number of aliphatic hydroxyl groups excluding tert-OH is 1. The van der Waals surface area contributed by atoms with Crippen molar-refractivity contribution in [1.82, 2.24) is 9.55 Å². The van der Waals surface area contributed by atoms with Crippen LogP contribution in [0.2, 0.25) is 0 Å². The van der Waals surface area contributed by atoms with Gasteiger partial charge in [0.05, 0.1) is 30.3 Å². The number of aliphatic hydroxyl groups is 1. The van der Waals surface area contributed by atoms with Gasteiger partial charge >= 0.3 is 0 Å². The number of imidazole rings is 1. The first-order valence-corrected chi connectivity index (χ1v) is 11.1. The monoisotopic (exact) mass is 431 g/mol. The zero-order valence-electron chi connectivity index (χ0n) is 18.8. The van der Waals surface area contributed by atoms with Crippen molar-refractivity contribution in [3.8, 4) is 5.75 Å². The standard InChI is InChI=1S/C25H29N5O2/c1-16-10-12-29(13-11-16)17-4-6-18(7-5-17)30-15-22(31)23(24(30)26)25-27-20-14-19(32-3)8-9-21(20)28(25)2/h4-9,14,16,26,31H,10-13,15H2,1-3H3. The van der Waals surface area contributed by atoms with E-state index < -0.39 is 0 Å². The molecule has 2 aliphatic rings. The third-order valence-electron chi connectivity index (χ3n) is 6.72. The highest BCUT2D eigenvalue weighted by molar-refractivity contribution is 6.30. The Morgan fingerprint density at radius 2 is 1.75 bits per heavy atom. The topological polar surface area (TPSA) is 77.6 Å². The zero-order chi connectivity index (χ0) is 22.4. The molecule has 0 unspecified atom stereocenters. The van der Waals surface area contributed by atoms with Gasteiger partial charge in [0.2, 0.25) is 0 Å². The molecule has 0 aliphatic carbocycles. The summed E-state index contributed by atoms with van der Waals surface area (Å²) in [4.78, 5) is 8.95. The number of aryl methyl sites for hydroxylation is 1. The van der Waals surface area contributed by atoms with Gasteiger partial charge in [-0.25, -0.2) is 4.98 Å². The summed E-state index contributed by atoms with van der Waals surface area (Å²) in [6.07, 6.45) is 2.45. The molecule has 1 aromatic heterocycles. The van der Waals surface area contributed by atoms with Crippen molar-refractivity contribution in [3.63, 3.8) is 0 Å². The van der Waals surface area contributed by atoms with E-state index in [1.54, 1.807) is 7.11 Å². The maximum absolute atomic E-state index is 10.8. The van der Waals surface area contributed by atoms with Crippen molar-refractivity contribution in [2.45, 2.75) is 19.8 Å². The number of hydrogen-bond donors (Lipinski definition) is 2. The Kier molecular flexibility index (Phi) is 5.04. The molecule has 166 valence electrons. The third-order valence-corrected chi connectivity index (χ3v) is 6.72. The Balaban J connectivity index is 1.40. The summed E-state index contributed by atoms with van der Waals surface area (Å²) in [6, 6.07) is 14.0. The average molecular weight is 432 g/mol. The minimum Gasteiger partial charge on any atom is -0.509 e. The summed E-state index contributed by atoms with van der Waals surface area (Å²) in [5.74, 6) is 2.53. The smallest absolute Gasteiger partial charge is 0.148 e. The van der Waals surface area contributed by atoms with Gasteiger partial charge < -0.3 is 24.2 Å². The van der Waals surface area contributed by atoms with E-state index in [0.717, 1.165) is 41.5 Å².